The van der Waals surface area contributed by atoms with Gasteiger partial charge >= 0.3 is 0 Å². The van der Waals surface area contributed by atoms with E-state index in [0.717, 1.165) is 42.9 Å². The molecule has 6 aromatic rings. The summed E-state index contributed by atoms with van der Waals surface area (Å²) in [6.45, 7) is 0.366. The fourth-order valence-corrected chi connectivity index (χ4v) is 5.30. The summed E-state index contributed by atoms with van der Waals surface area (Å²) in [5.74, 6) is 0.579. The highest BCUT2D eigenvalue weighted by atomic mass is 32.1. The first-order valence-electron chi connectivity index (χ1n) is 10.4. The minimum Gasteiger partial charge on any atom is -0.481 e. The molecule has 0 amide bonds. The van der Waals surface area contributed by atoms with Gasteiger partial charge in [-0.15, -0.1) is 11.3 Å². The summed E-state index contributed by atoms with van der Waals surface area (Å²) >= 11 is 1.56. The predicted octanol–water partition coefficient (Wildman–Crippen LogP) is 3.26. The fraction of sp³-hybridized carbons (Fsp3) is 0.174. The molecule has 5 aromatic heterocycles. The number of aromatic amines is 1. The first kappa shape index (κ1) is 19.6. The molecule has 0 saturated heterocycles. The maximum atomic E-state index is 13.4. The van der Waals surface area contributed by atoms with Crippen molar-refractivity contribution in [3.05, 3.63) is 75.4 Å². The van der Waals surface area contributed by atoms with Gasteiger partial charge in [0.15, 0.2) is 5.65 Å². The fourth-order valence-electron chi connectivity index (χ4n) is 4.17. The van der Waals surface area contributed by atoms with E-state index in [1.807, 2.05) is 48.0 Å². The van der Waals surface area contributed by atoms with E-state index in [4.69, 9.17) is 9.72 Å². The monoisotopic (exact) mass is 457 g/mol. The highest BCUT2D eigenvalue weighted by molar-refractivity contribution is 7.19. The number of thiazole rings is 1. The van der Waals surface area contributed by atoms with Crippen LogP contribution >= 0.6 is 11.3 Å². The Kier molecular flexibility index (Phi) is 4.47. The number of H-pyrrole nitrogens is 1. The molecule has 164 valence electrons. The van der Waals surface area contributed by atoms with Crippen LogP contribution in [0.5, 0.6) is 5.88 Å². The van der Waals surface area contributed by atoms with E-state index in [2.05, 4.69) is 20.3 Å². The van der Waals surface area contributed by atoms with Crippen molar-refractivity contribution in [3.63, 3.8) is 0 Å². The lowest BCUT2D eigenvalue weighted by molar-refractivity contribution is 0.396. The first-order chi connectivity index (χ1) is 16.1. The number of benzene rings is 1. The Hall–Kier alpha value is -4.05. The first-order valence-corrected chi connectivity index (χ1v) is 11.2. The molecule has 10 heteroatoms. The SMILES string of the molecule is COc1cccc(Cc2nc3c(s2)c2cnn(Cc4cccc5[nH]ncc45)c(=O)c2n3C)n1. The Morgan fingerprint density at radius 3 is 2.85 bits per heavy atom. The van der Waals surface area contributed by atoms with Gasteiger partial charge in [0.25, 0.3) is 5.56 Å². The van der Waals surface area contributed by atoms with Crippen molar-refractivity contribution in [2.24, 2.45) is 7.05 Å². The summed E-state index contributed by atoms with van der Waals surface area (Å²) in [5.41, 5.74) is 4.04. The summed E-state index contributed by atoms with van der Waals surface area (Å²) < 4.78 is 9.53. The third-order valence-electron chi connectivity index (χ3n) is 5.79. The van der Waals surface area contributed by atoms with Crippen molar-refractivity contribution >= 4 is 43.5 Å². The minimum atomic E-state index is -0.142. The molecule has 1 N–H and O–H groups in total. The van der Waals surface area contributed by atoms with Gasteiger partial charge in [0, 0.05) is 30.3 Å². The van der Waals surface area contributed by atoms with Crippen molar-refractivity contribution in [1.82, 2.24) is 34.5 Å². The molecular formula is C23H19N7O2S. The van der Waals surface area contributed by atoms with Crippen molar-refractivity contribution in [2.45, 2.75) is 13.0 Å². The molecule has 0 spiro atoms. The zero-order valence-electron chi connectivity index (χ0n) is 17.9. The van der Waals surface area contributed by atoms with Crippen LogP contribution in [0.3, 0.4) is 0 Å². The number of nitrogens with zero attached hydrogens (tertiary/aromatic N) is 6. The van der Waals surface area contributed by atoms with Gasteiger partial charge in [0.1, 0.15) is 10.5 Å². The average Bonchev–Trinajstić information content (AvgIpc) is 3.53. The normalized spacial score (nSPS) is 11.7. The molecule has 0 aliphatic heterocycles. The second-order valence-corrected chi connectivity index (χ2v) is 8.87. The van der Waals surface area contributed by atoms with Crippen LogP contribution in [0.1, 0.15) is 16.3 Å². The van der Waals surface area contributed by atoms with E-state index in [-0.39, 0.29) is 5.56 Å². The van der Waals surface area contributed by atoms with Crippen LogP contribution in [0.4, 0.5) is 0 Å². The molecule has 6 rings (SSSR count). The summed E-state index contributed by atoms with van der Waals surface area (Å²) in [4.78, 5) is 22.6. The highest BCUT2D eigenvalue weighted by Crippen LogP contribution is 2.31. The number of hydrogen-bond acceptors (Lipinski definition) is 7. The number of pyridine rings is 1. The van der Waals surface area contributed by atoms with Crippen molar-refractivity contribution in [2.75, 3.05) is 7.11 Å². The van der Waals surface area contributed by atoms with Gasteiger partial charge in [0.2, 0.25) is 5.88 Å². The predicted molar refractivity (Wildman–Crippen MR) is 127 cm³/mol. The summed E-state index contributed by atoms with van der Waals surface area (Å²) in [7, 11) is 3.48. The summed E-state index contributed by atoms with van der Waals surface area (Å²) in [6.07, 6.45) is 4.13. The summed E-state index contributed by atoms with van der Waals surface area (Å²) in [6, 6.07) is 11.6. The molecule has 33 heavy (non-hydrogen) atoms. The van der Waals surface area contributed by atoms with E-state index in [1.165, 1.54) is 4.68 Å². The van der Waals surface area contributed by atoms with Crippen LogP contribution < -0.4 is 10.3 Å². The van der Waals surface area contributed by atoms with Gasteiger partial charge in [-0.2, -0.15) is 10.2 Å². The number of fused-ring (bicyclic) bond motifs is 4. The van der Waals surface area contributed by atoms with Crippen molar-refractivity contribution in [3.8, 4) is 5.88 Å². The molecule has 0 bridgehead atoms. The van der Waals surface area contributed by atoms with Crippen molar-refractivity contribution in [1.29, 1.82) is 0 Å². The number of nitrogens with one attached hydrogen (secondary N) is 1. The van der Waals surface area contributed by atoms with Gasteiger partial charge in [-0.25, -0.2) is 14.6 Å². The summed E-state index contributed by atoms with van der Waals surface area (Å²) in [5, 5.41) is 14.3. The van der Waals surface area contributed by atoms with Crippen LogP contribution in [-0.2, 0) is 20.0 Å². The van der Waals surface area contributed by atoms with Gasteiger partial charge < -0.3 is 9.30 Å². The zero-order chi connectivity index (χ0) is 22.5. The number of aryl methyl sites for hydroxylation is 1. The smallest absolute Gasteiger partial charge is 0.291 e. The number of rotatable bonds is 5. The van der Waals surface area contributed by atoms with E-state index in [1.54, 1.807) is 30.8 Å². The molecule has 1 aromatic carbocycles. The van der Waals surface area contributed by atoms with Crippen LogP contribution in [0.15, 0.2) is 53.6 Å². The third-order valence-corrected chi connectivity index (χ3v) is 6.87. The zero-order valence-corrected chi connectivity index (χ0v) is 18.8. The topological polar surface area (TPSA) is 104 Å². The molecule has 9 nitrogen and oxygen atoms in total. The maximum absolute atomic E-state index is 13.4. The van der Waals surface area contributed by atoms with Crippen LogP contribution in [0.25, 0.3) is 32.2 Å². The van der Waals surface area contributed by atoms with Crippen LogP contribution in [0, 0.1) is 0 Å². The molecular weight excluding hydrogens is 438 g/mol. The molecule has 0 atom stereocenters. The minimum absolute atomic E-state index is 0.142. The Morgan fingerprint density at radius 1 is 1.09 bits per heavy atom. The number of hydrogen-bond donors (Lipinski definition) is 1. The largest absolute Gasteiger partial charge is 0.481 e. The third kappa shape index (κ3) is 3.18. The Balaban J connectivity index is 1.40. The molecule has 0 aliphatic carbocycles. The van der Waals surface area contributed by atoms with E-state index in [0.29, 0.717) is 24.4 Å². The molecule has 0 fully saturated rings. The number of methoxy groups -OCH3 is 1. The van der Waals surface area contributed by atoms with E-state index < -0.39 is 0 Å². The van der Waals surface area contributed by atoms with E-state index in [9.17, 15) is 4.79 Å². The Bertz CT molecular complexity index is 1710. The lowest BCUT2D eigenvalue weighted by Gasteiger charge is -2.07. The van der Waals surface area contributed by atoms with Gasteiger partial charge in [0.05, 0.1) is 42.0 Å². The lowest BCUT2D eigenvalue weighted by atomic mass is 10.1. The standard InChI is InChI=1S/C23H19N7O2S/c1-29-20-16(21-22(29)27-19(33-21)9-14-6-4-8-18(26-14)32-2)11-25-30(23(20)31)12-13-5-3-7-17-15(13)10-24-28-17/h3-8,10-11H,9,12H2,1-2H3,(H,24,28). The highest BCUT2D eigenvalue weighted by Gasteiger charge is 2.19. The molecule has 0 aliphatic rings. The van der Waals surface area contributed by atoms with Crippen LogP contribution in [-0.4, -0.2) is 41.6 Å². The van der Waals surface area contributed by atoms with Crippen molar-refractivity contribution < 1.29 is 4.74 Å². The van der Waals surface area contributed by atoms with E-state index >= 15 is 0 Å². The lowest BCUT2D eigenvalue weighted by Crippen LogP contribution is -2.24. The second-order valence-electron chi connectivity index (χ2n) is 7.79. The van der Waals surface area contributed by atoms with Crippen LogP contribution in [0.2, 0.25) is 0 Å². The molecule has 0 unspecified atom stereocenters. The molecule has 0 radical (unpaired) electrons. The Labute approximate surface area is 191 Å². The average molecular weight is 458 g/mol. The Morgan fingerprint density at radius 2 is 1.97 bits per heavy atom. The van der Waals surface area contributed by atoms with Gasteiger partial charge in [-0.3, -0.25) is 9.89 Å². The van der Waals surface area contributed by atoms with Gasteiger partial charge in [-0.1, -0.05) is 18.2 Å². The molecule has 0 saturated carbocycles. The molecule has 5 heterocycles. The van der Waals surface area contributed by atoms with Gasteiger partial charge in [-0.05, 0) is 17.7 Å². The number of aromatic nitrogens is 7. The second kappa shape index (κ2) is 7.52. The maximum Gasteiger partial charge on any atom is 0.291 e. The number of ether oxygens (including phenoxy) is 1. The quantitative estimate of drug-likeness (QED) is 0.426.